The van der Waals surface area contributed by atoms with Gasteiger partial charge < -0.3 is 10.8 Å². The second kappa shape index (κ2) is 8.32. The van der Waals surface area contributed by atoms with E-state index in [2.05, 4.69) is 39.1 Å². The summed E-state index contributed by atoms with van der Waals surface area (Å²) in [7, 11) is 0. The topological polar surface area (TPSA) is 102 Å². The molecule has 3 aliphatic heterocycles. The van der Waals surface area contributed by atoms with Gasteiger partial charge in [-0.1, -0.05) is 60.3 Å². The molecule has 0 bridgehead atoms. The minimum Gasteiger partial charge on any atom is -0.378 e. The van der Waals surface area contributed by atoms with Gasteiger partial charge in [0.2, 0.25) is 0 Å². The molecule has 2 aromatic rings. The summed E-state index contributed by atoms with van der Waals surface area (Å²) in [6.45, 7) is 4.67. The van der Waals surface area contributed by atoms with Crippen LogP contribution < -0.4 is 10.6 Å². The first kappa shape index (κ1) is 21.1. The van der Waals surface area contributed by atoms with Gasteiger partial charge in [-0.2, -0.15) is 4.99 Å². The van der Waals surface area contributed by atoms with Crippen molar-refractivity contribution in [2.24, 2.45) is 10.7 Å². The number of fused-ring (bicyclic) bond motifs is 1. The van der Waals surface area contributed by atoms with E-state index in [1.54, 1.807) is 17.0 Å². The zero-order chi connectivity index (χ0) is 22.3. The van der Waals surface area contributed by atoms with Crippen molar-refractivity contribution < 1.29 is 14.7 Å². The highest BCUT2D eigenvalue weighted by atomic mass is 32.2. The van der Waals surface area contributed by atoms with E-state index < -0.39 is 22.7 Å². The average Bonchev–Trinajstić information content (AvgIpc) is 3.26. The number of benzene rings is 2. The Morgan fingerprint density at radius 3 is 2.34 bits per heavy atom. The van der Waals surface area contributed by atoms with Crippen molar-refractivity contribution in [2.45, 2.75) is 17.4 Å². The molecule has 3 heterocycles. The van der Waals surface area contributed by atoms with E-state index >= 15 is 0 Å². The summed E-state index contributed by atoms with van der Waals surface area (Å²) in [5.41, 5.74) is 6.08. The number of amides is 2. The highest BCUT2D eigenvalue weighted by Crippen LogP contribution is 2.47. The number of rotatable bonds is 5. The van der Waals surface area contributed by atoms with Crippen LogP contribution in [-0.4, -0.2) is 70.0 Å². The van der Waals surface area contributed by atoms with Crippen LogP contribution in [0.15, 0.2) is 59.6 Å². The number of anilines is 1. The number of nitrogens with zero attached hydrogens (tertiary/aromatic N) is 4. The number of aliphatic hydroxyl groups is 1. The normalized spacial score (nSPS) is 26.5. The van der Waals surface area contributed by atoms with E-state index in [1.165, 1.54) is 5.56 Å². The molecule has 0 radical (unpaired) electrons. The Bertz CT molecular complexity index is 1070. The smallest absolute Gasteiger partial charge is 0.266 e. The molecule has 1 saturated heterocycles. The van der Waals surface area contributed by atoms with Gasteiger partial charge in [0.15, 0.2) is 10.8 Å². The Morgan fingerprint density at radius 1 is 1.00 bits per heavy atom. The van der Waals surface area contributed by atoms with E-state index in [9.17, 15) is 14.7 Å². The Morgan fingerprint density at radius 2 is 1.66 bits per heavy atom. The standard InChI is InChI=1S/C23H25N5O3S/c24-22-25-20(29)19(32-22)23(31)17-8-4-5-9-18(17)28(21(23)30)15-27-12-10-26(11-13-27)14-16-6-2-1-3-7-16/h1-9,19,31H,10-15H2,(H2,24,25,29). The van der Waals surface area contributed by atoms with Crippen LogP contribution in [0.25, 0.3) is 0 Å². The van der Waals surface area contributed by atoms with Crippen molar-refractivity contribution in [3.8, 4) is 0 Å². The number of aliphatic imine (C=N–C) groups is 1. The third kappa shape index (κ3) is 3.61. The molecule has 3 aliphatic rings. The lowest BCUT2D eigenvalue weighted by atomic mass is 9.91. The fourth-order valence-electron chi connectivity index (χ4n) is 4.61. The van der Waals surface area contributed by atoms with E-state index in [1.807, 2.05) is 18.2 Å². The lowest BCUT2D eigenvalue weighted by Crippen LogP contribution is -2.54. The van der Waals surface area contributed by atoms with Crippen molar-refractivity contribution >= 4 is 34.4 Å². The Hall–Kier alpha value is -2.72. The predicted molar refractivity (Wildman–Crippen MR) is 124 cm³/mol. The number of nitrogens with two attached hydrogens (primary N) is 1. The van der Waals surface area contributed by atoms with Gasteiger partial charge in [-0.3, -0.25) is 24.3 Å². The molecule has 3 N–H and O–H groups in total. The summed E-state index contributed by atoms with van der Waals surface area (Å²) < 4.78 is 0. The molecule has 0 aliphatic carbocycles. The van der Waals surface area contributed by atoms with Crippen LogP contribution in [0.2, 0.25) is 0 Å². The van der Waals surface area contributed by atoms with Gasteiger partial charge in [0.1, 0.15) is 5.25 Å². The first-order valence-electron chi connectivity index (χ1n) is 10.6. The second-order valence-corrected chi connectivity index (χ2v) is 9.45. The van der Waals surface area contributed by atoms with Gasteiger partial charge in [-0.15, -0.1) is 0 Å². The number of piperazine rings is 1. The molecule has 166 valence electrons. The SMILES string of the molecule is NC1=NC(=O)C(C2(O)C(=O)N(CN3CCN(Cc4ccccc4)CC3)c3ccccc32)S1. The summed E-state index contributed by atoms with van der Waals surface area (Å²) in [5, 5.41) is 10.5. The van der Waals surface area contributed by atoms with Gasteiger partial charge in [0.25, 0.3) is 11.8 Å². The van der Waals surface area contributed by atoms with Crippen molar-refractivity contribution in [1.29, 1.82) is 0 Å². The maximum atomic E-state index is 13.5. The Balaban J connectivity index is 1.30. The summed E-state index contributed by atoms with van der Waals surface area (Å²) in [5.74, 6) is -1.07. The quantitative estimate of drug-likeness (QED) is 0.698. The van der Waals surface area contributed by atoms with Crippen molar-refractivity contribution in [2.75, 3.05) is 37.7 Å². The van der Waals surface area contributed by atoms with E-state index in [-0.39, 0.29) is 5.17 Å². The molecule has 2 aromatic carbocycles. The van der Waals surface area contributed by atoms with Crippen LogP contribution in [0.4, 0.5) is 5.69 Å². The average molecular weight is 452 g/mol. The number of hydrogen-bond donors (Lipinski definition) is 2. The van der Waals surface area contributed by atoms with E-state index in [4.69, 9.17) is 5.73 Å². The van der Waals surface area contributed by atoms with Crippen LogP contribution in [0.5, 0.6) is 0 Å². The maximum Gasteiger partial charge on any atom is 0.266 e. The molecule has 0 saturated carbocycles. The predicted octanol–water partition coefficient (Wildman–Crippen LogP) is 0.953. The van der Waals surface area contributed by atoms with Gasteiger partial charge in [-0.05, 0) is 11.6 Å². The molecule has 5 rings (SSSR count). The molecule has 9 heteroatoms. The number of hydrogen-bond acceptors (Lipinski definition) is 7. The summed E-state index contributed by atoms with van der Waals surface area (Å²) in [6, 6.07) is 17.5. The molecule has 0 spiro atoms. The van der Waals surface area contributed by atoms with Gasteiger partial charge >= 0.3 is 0 Å². The highest BCUT2D eigenvalue weighted by Gasteiger charge is 2.59. The van der Waals surface area contributed by atoms with Crippen LogP contribution in [0.1, 0.15) is 11.1 Å². The summed E-state index contributed by atoms with van der Waals surface area (Å²) >= 11 is 0.947. The van der Waals surface area contributed by atoms with Gasteiger partial charge in [-0.25, -0.2) is 0 Å². The molecule has 32 heavy (non-hydrogen) atoms. The number of carbonyl (C=O) groups excluding carboxylic acids is 2. The Kier molecular flexibility index (Phi) is 5.50. The van der Waals surface area contributed by atoms with Crippen molar-refractivity contribution in [3.05, 3.63) is 65.7 Å². The minimum absolute atomic E-state index is 0.0756. The van der Waals surface area contributed by atoms with E-state index in [0.29, 0.717) is 17.9 Å². The zero-order valence-electron chi connectivity index (χ0n) is 17.6. The van der Waals surface area contributed by atoms with Crippen molar-refractivity contribution in [1.82, 2.24) is 9.80 Å². The van der Waals surface area contributed by atoms with Crippen LogP contribution >= 0.6 is 11.8 Å². The zero-order valence-corrected chi connectivity index (χ0v) is 18.4. The monoisotopic (exact) mass is 451 g/mol. The lowest BCUT2D eigenvalue weighted by Gasteiger charge is -2.37. The molecule has 8 nitrogen and oxygen atoms in total. The first-order chi connectivity index (χ1) is 15.5. The van der Waals surface area contributed by atoms with E-state index in [0.717, 1.165) is 44.5 Å². The third-order valence-corrected chi connectivity index (χ3v) is 7.41. The van der Waals surface area contributed by atoms with Crippen molar-refractivity contribution in [3.63, 3.8) is 0 Å². The fourth-order valence-corrected chi connectivity index (χ4v) is 5.55. The van der Waals surface area contributed by atoms with Crippen LogP contribution in [0, 0.1) is 0 Å². The van der Waals surface area contributed by atoms with Crippen LogP contribution in [0.3, 0.4) is 0 Å². The fraction of sp³-hybridized carbons (Fsp3) is 0.348. The molecular weight excluding hydrogens is 426 g/mol. The number of para-hydroxylation sites is 1. The molecule has 2 atom stereocenters. The van der Waals surface area contributed by atoms with Gasteiger partial charge in [0.05, 0.1) is 12.4 Å². The van der Waals surface area contributed by atoms with Gasteiger partial charge in [0, 0.05) is 38.3 Å². The number of carbonyl (C=O) groups is 2. The van der Waals surface area contributed by atoms with Crippen LogP contribution in [-0.2, 0) is 21.7 Å². The first-order valence-corrected chi connectivity index (χ1v) is 11.5. The molecule has 1 fully saturated rings. The highest BCUT2D eigenvalue weighted by molar-refractivity contribution is 8.15. The minimum atomic E-state index is -1.97. The molecular formula is C23H25N5O3S. The Labute approximate surface area is 190 Å². The number of thioether (sulfide) groups is 1. The largest absolute Gasteiger partial charge is 0.378 e. The second-order valence-electron chi connectivity index (χ2n) is 8.32. The molecule has 0 aromatic heterocycles. The maximum absolute atomic E-state index is 13.5. The molecule has 2 unspecified atom stereocenters. The number of amidine groups is 1. The lowest BCUT2D eigenvalue weighted by molar-refractivity contribution is -0.140. The summed E-state index contributed by atoms with van der Waals surface area (Å²) in [4.78, 5) is 35.8. The molecule has 2 amide bonds. The summed E-state index contributed by atoms with van der Waals surface area (Å²) in [6.07, 6.45) is 0. The third-order valence-electron chi connectivity index (χ3n) is 6.29.